The summed E-state index contributed by atoms with van der Waals surface area (Å²) in [5, 5.41) is 12.2. The van der Waals surface area contributed by atoms with Crippen molar-refractivity contribution in [2.75, 3.05) is 5.73 Å². The standard InChI is InChI=1S/C14H17N3O.C10H11N5O/c1-2-4-14(3-1)18-11-12-5-7-13(8-6-12)17-15-9-10-16-17;1-15-5-7(4-14-15)6-2-8(10(12)16)9(11)13-3-6/h5-10,14H,1-4,11H2;2-5H,1H3,(H2,11,13)(H2,12,16). The molecule has 1 saturated carbocycles. The SMILES string of the molecule is Cn1cc(-c2cnc(N)c(C(N)=O)c2)cn1.c1cnn(-c2ccc(COC3CCCC3)cc2)n1. The van der Waals surface area contributed by atoms with Gasteiger partial charge in [0.05, 0.1) is 42.6 Å². The molecule has 4 aromatic rings. The topological polar surface area (TPSA) is 140 Å². The molecule has 10 nitrogen and oxygen atoms in total. The number of hydrogen-bond donors (Lipinski definition) is 2. The number of primary amides is 1. The molecule has 0 unspecified atom stereocenters. The number of amides is 1. The molecule has 10 heteroatoms. The van der Waals surface area contributed by atoms with Gasteiger partial charge in [-0.05, 0) is 36.6 Å². The number of aromatic nitrogens is 6. The van der Waals surface area contributed by atoms with E-state index in [1.54, 1.807) is 40.3 Å². The highest BCUT2D eigenvalue weighted by Gasteiger charge is 2.15. The average molecular weight is 461 g/mol. The lowest BCUT2D eigenvalue weighted by molar-refractivity contribution is 0.0457. The minimum Gasteiger partial charge on any atom is -0.383 e. The highest BCUT2D eigenvalue weighted by Crippen LogP contribution is 2.22. The minimum atomic E-state index is -0.587. The maximum atomic E-state index is 11.1. The Morgan fingerprint density at radius 3 is 2.38 bits per heavy atom. The summed E-state index contributed by atoms with van der Waals surface area (Å²) in [7, 11) is 1.81. The summed E-state index contributed by atoms with van der Waals surface area (Å²) in [6.45, 7) is 0.706. The van der Waals surface area contributed by atoms with Crippen LogP contribution < -0.4 is 11.5 Å². The van der Waals surface area contributed by atoms with Crippen LogP contribution in [0.2, 0.25) is 0 Å². The first kappa shape index (κ1) is 23.1. The van der Waals surface area contributed by atoms with E-state index in [1.165, 1.54) is 31.2 Å². The lowest BCUT2D eigenvalue weighted by Crippen LogP contribution is -2.14. The monoisotopic (exact) mass is 460 g/mol. The van der Waals surface area contributed by atoms with E-state index in [1.807, 2.05) is 25.4 Å². The molecule has 1 aromatic carbocycles. The highest BCUT2D eigenvalue weighted by molar-refractivity contribution is 5.98. The van der Waals surface area contributed by atoms with E-state index < -0.39 is 5.91 Å². The van der Waals surface area contributed by atoms with Crippen LogP contribution in [0.5, 0.6) is 0 Å². The lowest BCUT2D eigenvalue weighted by Gasteiger charge is -2.11. The highest BCUT2D eigenvalue weighted by atomic mass is 16.5. The normalized spacial score (nSPS) is 13.4. The van der Waals surface area contributed by atoms with Gasteiger partial charge in [-0.3, -0.25) is 9.48 Å². The van der Waals surface area contributed by atoms with Crippen LogP contribution >= 0.6 is 0 Å². The number of benzene rings is 1. The third-order valence-electron chi connectivity index (χ3n) is 5.60. The van der Waals surface area contributed by atoms with Gasteiger partial charge < -0.3 is 16.2 Å². The summed E-state index contributed by atoms with van der Waals surface area (Å²) in [5.41, 5.74) is 14.8. The summed E-state index contributed by atoms with van der Waals surface area (Å²) in [6, 6.07) is 9.81. The molecule has 5 rings (SSSR count). The van der Waals surface area contributed by atoms with E-state index in [4.69, 9.17) is 16.2 Å². The van der Waals surface area contributed by atoms with Gasteiger partial charge in [0.1, 0.15) is 5.82 Å². The van der Waals surface area contributed by atoms with Crippen LogP contribution in [0.1, 0.15) is 41.6 Å². The largest absolute Gasteiger partial charge is 0.383 e. The van der Waals surface area contributed by atoms with Crippen LogP contribution in [0.3, 0.4) is 0 Å². The molecule has 0 atom stereocenters. The van der Waals surface area contributed by atoms with Crippen molar-refractivity contribution in [2.24, 2.45) is 12.8 Å². The third-order valence-corrected chi connectivity index (χ3v) is 5.60. The van der Waals surface area contributed by atoms with Gasteiger partial charge in [-0.25, -0.2) is 4.98 Å². The fourth-order valence-electron chi connectivity index (χ4n) is 3.74. The van der Waals surface area contributed by atoms with Crippen LogP contribution in [0.25, 0.3) is 16.8 Å². The summed E-state index contributed by atoms with van der Waals surface area (Å²) in [4.78, 5) is 16.6. The number of hydrogen-bond acceptors (Lipinski definition) is 7. The second-order valence-electron chi connectivity index (χ2n) is 8.13. The van der Waals surface area contributed by atoms with Gasteiger partial charge >= 0.3 is 0 Å². The number of nitrogens with zero attached hydrogens (tertiary/aromatic N) is 6. The number of rotatable bonds is 6. The molecular weight excluding hydrogens is 432 g/mol. The van der Waals surface area contributed by atoms with Gasteiger partial charge in [0.15, 0.2) is 0 Å². The molecule has 0 bridgehead atoms. The number of anilines is 1. The Balaban J connectivity index is 0.000000162. The van der Waals surface area contributed by atoms with Crippen molar-refractivity contribution in [2.45, 2.75) is 38.4 Å². The maximum Gasteiger partial charge on any atom is 0.252 e. The van der Waals surface area contributed by atoms with Gasteiger partial charge in [-0.2, -0.15) is 20.1 Å². The molecule has 3 heterocycles. The Labute approximate surface area is 197 Å². The molecule has 0 aliphatic heterocycles. The second kappa shape index (κ2) is 10.7. The first-order valence-corrected chi connectivity index (χ1v) is 11.1. The smallest absolute Gasteiger partial charge is 0.252 e. The molecule has 0 radical (unpaired) electrons. The molecule has 34 heavy (non-hydrogen) atoms. The number of nitrogen functional groups attached to an aromatic ring is 1. The van der Waals surface area contributed by atoms with Crippen molar-refractivity contribution in [3.8, 4) is 16.8 Å². The van der Waals surface area contributed by atoms with Gasteiger partial charge in [0.2, 0.25) is 0 Å². The first-order valence-electron chi connectivity index (χ1n) is 11.1. The summed E-state index contributed by atoms with van der Waals surface area (Å²) in [6.07, 6.45) is 14.0. The molecule has 1 aliphatic rings. The predicted octanol–water partition coefficient (Wildman–Crippen LogP) is 2.89. The molecule has 1 amide bonds. The van der Waals surface area contributed by atoms with E-state index in [9.17, 15) is 4.79 Å². The second-order valence-corrected chi connectivity index (χ2v) is 8.13. The van der Waals surface area contributed by atoms with Gasteiger partial charge in [0, 0.05) is 30.6 Å². The van der Waals surface area contributed by atoms with E-state index in [-0.39, 0.29) is 11.4 Å². The summed E-state index contributed by atoms with van der Waals surface area (Å²) >= 11 is 0. The molecule has 0 spiro atoms. The molecule has 1 aliphatic carbocycles. The zero-order valence-corrected chi connectivity index (χ0v) is 19.0. The van der Waals surface area contributed by atoms with Crippen LogP contribution in [-0.2, 0) is 18.4 Å². The van der Waals surface area contributed by atoms with E-state index >= 15 is 0 Å². The summed E-state index contributed by atoms with van der Waals surface area (Å²) < 4.78 is 7.54. The average Bonchev–Trinajstić information content (AvgIpc) is 3.62. The van der Waals surface area contributed by atoms with Crippen LogP contribution in [-0.4, -0.2) is 41.8 Å². The lowest BCUT2D eigenvalue weighted by atomic mass is 10.1. The summed E-state index contributed by atoms with van der Waals surface area (Å²) in [5.74, 6) is -0.448. The van der Waals surface area contributed by atoms with Gasteiger partial charge in [-0.15, -0.1) is 0 Å². The van der Waals surface area contributed by atoms with Crippen LogP contribution in [0.4, 0.5) is 5.82 Å². The van der Waals surface area contributed by atoms with Crippen molar-refractivity contribution in [1.82, 2.24) is 29.8 Å². The van der Waals surface area contributed by atoms with E-state index in [0.29, 0.717) is 12.7 Å². The van der Waals surface area contributed by atoms with E-state index in [0.717, 1.165) is 16.8 Å². The number of carbonyl (C=O) groups is 1. The number of nitrogens with two attached hydrogens (primary N) is 2. The minimum absolute atomic E-state index is 0.139. The van der Waals surface area contributed by atoms with Crippen molar-refractivity contribution >= 4 is 11.7 Å². The third kappa shape index (κ3) is 5.84. The number of pyridine rings is 1. The van der Waals surface area contributed by atoms with Gasteiger partial charge in [-0.1, -0.05) is 25.0 Å². The van der Waals surface area contributed by atoms with Crippen molar-refractivity contribution < 1.29 is 9.53 Å². The molecule has 3 aromatic heterocycles. The van der Waals surface area contributed by atoms with Crippen molar-refractivity contribution in [3.63, 3.8) is 0 Å². The van der Waals surface area contributed by atoms with Crippen LogP contribution in [0.15, 0.2) is 61.3 Å². The molecule has 4 N–H and O–H groups in total. The zero-order valence-electron chi connectivity index (χ0n) is 19.0. The Kier molecular flexibility index (Phi) is 7.28. The Morgan fingerprint density at radius 2 is 1.76 bits per heavy atom. The molecular formula is C24H28N8O2. The van der Waals surface area contributed by atoms with Crippen LogP contribution in [0, 0.1) is 0 Å². The molecule has 1 fully saturated rings. The Bertz CT molecular complexity index is 1210. The quantitative estimate of drug-likeness (QED) is 0.451. The Hall–Kier alpha value is -4.05. The fraction of sp³-hybridized carbons (Fsp3) is 0.292. The Morgan fingerprint density at radius 1 is 1.06 bits per heavy atom. The molecule has 0 saturated heterocycles. The van der Waals surface area contributed by atoms with Crippen molar-refractivity contribution in [3.05, 3.63) is 72.4 Å². The number of ether oxygens (including phenoxy) is 1. The maximum absolute atomic E-state index is 11.1. The first-order chi connectivity index (χ1) is 16.5. The predicted molar refractivity (Wildman–Crippen MR) is 128 cm³/mol. The zero-order chi connectivity index (χ0) is 23.9. The number of carbonyl (C=O) groups excluding carboxylic acids is 1. The van der Waals surface area contributed by atoms with E-state index in [2.05, 4.69) is 32.4 Å². The van der Waals surface area contributed by atoms with Crippen molar-refractivity contribution in [1.29, 1.82) is 0 Å². The molecule has 176 valence electrons. The fourth-order valence-corrected chi connectivity index (χ4v) is 3.74. The van der Waals surface area contributed by atoms with Gasteiger partial charge in [0.25, 0.3) is 5.91 Å². The number of aryl methyl sites for hydroxylation is 1.